The zero-order valence-corrected chi connectivity index (χ0v) is 11.5. The molecule has 2 rings (SSSR count). The van der Waals surface area contributed by atoms with Gasteiger partial charge in [0.1, 0.15) is 23.1 Å². The van der Waals surface area contributed by atoms with E-state index in [1.54, 1.807) is 18.2 Å². The standard InChI is InChI=1S/C14H7BrF3NO/c15-12-2-1-3-13(11(12)8-19)20-10-6-4-9(5-7-10)14(16,17)18/h1-7H. The molecule has 0 saturated heterocycles. The predicted molar refractivity (Wildman–Crippen MR) is 70.4 cm³/mol. The van der Waals surface area contributed by atoms with Crippen molar-refractivity contribution in [1.82, 2.24) is 0 Å². The van der Waals surface area contributed by atoms with E-state index in [0.29, 0.717) is 4.47 Å². The van der Waals surface area contributed by atoms with Crippen LogP contribution in [0.15, 0.2) is 46.9 Å². The topological polar surface area (TPSA) is 33.0 Å². The molecule has 0 amide bonds. The summed E-state index contributed by atoms with van der Waals surface area (Å²) in [5.41, 5.74) is -0.466. The Hall–Kier alpha value is -2.00. The molecule has 2 aromatic carbocycles. The lowest BCUT2D eigenvalue weighted by Gasteiger charge is -2.10. The van der Waals surface area contributed by atoms with Gasteiger partial charge in [0.05, 0.1) is 5.56 Å². The number of rotatable bonds is 2. The van der Waals surface area contributed by atoms with E-state index in [4.69, 9.17) is 10.00 Å². The second-order valence-corrected chi connectivity index (χ2v) is 4.70. The Morgan fingerprint density at radius 3 is 2.25 bits per heavy atom. The van der Waals surface area contributed by atoms with Crippen LogP contribution in [0.3, 0.4) is 0 Å². The van der Waals surface area contributed by atoms with E-state index in [9.17, 15) is 13.2 Å². The number of nitrogens with zero attached hydrogens (tertiary/aromatic N) is 1. The first kappa shape index (κ1) is 14.4. The molecule has 0 aliphatic heterocycles. The quantitative estimate of drug-likeness (QED) is 0.758. The molecule has 2 aromatic rings. The number of nitriles is 1. The molecule has 0 aliphatic carbocycles. The molecule has 2 nitrogen and oxygen atoms in total. The number of benzene rings is 2. The summed E-state index contributed by atoms with van der Waals surface area (Å²) in [5, 5.41) is 9.02. The fraction of sp³-hybridized carbons (Fsp3) is 0.0714. The van der Waals surface area contributed by atoms with Gasteiger partial charge in [0.15, 0.2) is 0 Å². The molecule has 20 heavy (non-hydrogen) atoms. The summed E-state index contributed by atoms with van der Waals surface area (Å²) < 4.78 is 43.3. The fourth-order valence-electron chi connectivity index (χ4n) is 1.54. The van der Waals surface area contributed by atoms with E-state index in [0.717, 1.165) is 12.1 Å². The zero-order valence-electron chi connectivity index (χ0n) is 9.91. The first-order valence-electron chi connectivity index (χ1n) is 5.45. The summed E-state index contributed by atoms with van der Waals surface area (Å²) in [7, 11) is 0. The minimum Gasteiger partial charge on any atom is -0.456 e. The van der Waals surface area contributed by atoms with Crippen LogP contribution in [-0.2, 0) is 6.18 Å². The van der Waals surface area contributed by atoms with Gasteiger partial charge in [-0.25, -0.2) is 0 Å². The monoisotopic (exact) mass is 341 g/mol. The zero-order chi connectivity index (χ0) is 14.8. The lowest BCUT2D eigenvalue weighted by Crippen LogP contribution is -2.04. The summed E-state index contributed by atoms with van der Waals surface area (Å²) in [6, 6.07) is 11.2. The molecule has 0 aromatic heterocycles. The average molecular weight is 342 g/mol. The number of hydrogen-bond acceptors (Lipinski definition) is 2. The van der Waals surface area contributed by atoms with Crippen molar-refractivity contribution in [3.63, 3.8) is 0 Å². The van der Waals surface area contributed by atoms with Crippen molar-refractivity contribution in [2.75, 3.05) is 0 Å². The molecule has 102 valence electrons. The average Bonchev–Trinajstić information content (AvgIpc) is 2.38. The number of alkyl halides is 3. The molecular formula is C14H7BrF3NO. The maximum atomic E-state index is 12.4. The lowest BCUT2D eigenvalue weighted by atomic mass is 10.2. The van der Waals surface area contributed by atoms with Gasteiger partial charge in [-0.1, -0.05) is 6.07 Å². The van der Waals surface area contributed by atoms with Gasteiger partial charge in [-0.05, 0) is 52.3 Å². The van der Waals surface area contributed by atoms with Gasteiger partial charge in [0, 0.05) is 4.47 Å². The van der Waals surface area contributed by atoms with Gasteiger partial charge < -0.3 is 4.74 Å². The van der Waals surface area contributed by atoms with Crippen LogP contribution >= 0.6 is 15.9 Å². The Bertz CT molecular complexity index is 660. The van der Waals surface area contributed by atoms with Gasteiger partial charge >= 0.3 is 6.18 Å². The second kappa shape index (κ2) is 5.55. The summed E-state index contributed by atoms with van der Waals surface area (Å²) in [4.78, 5) is 0. The van der Waals surface area contributed by atoms with Crippen molar-refractivity contribution in [2.24, 2.45) is 0 Å². The molecule has 0 heterocycles. The third-order valence-electron chi connectivity index (χ3n) is 2.50. The van der Waals surface area contributed by atoms with Gasteiger partial charge in [-0.2, -0.15) is 18.4 Å². The second-order valence-electron chi connectivity index (χ2n) is 3.85. The van der Waals surface area contributed by atoms with Crippen molar-refractivity contribution in [1.29, 1.82) is 5.26 Å². The Labute approximate surface area is 121 Å². The van der Waals surface area contributed by atoms with Crippen molar-refractivity contribution >= 4 is 15.9 Å². The predicted octanol–water partition coefficient (Wildman–Crippen LogP) is 5.13. The third kappa shape index (κ3) is 3.11. The van der Waals surface area contributed by atoms with Crippen LogP contribution in [0.2, 0.25) is 0 Å². The molecule has 0 bridgehead atoms. The Balaban J connectivity index is 2.28. The highest BCUT2D eigenvalue weighted by Gasteiger charge is 2.30. The molecule has 0 fully saturated rings. The minimum absolute atomic E-state index is 0.229. The summed E-state index contributed by atoms with van der Waals surface area (Å²) in [5.74, 6) is 0.509. The summed E-state index contributed by atoms with van der Waals surface area (Å²) in [6.07, 6.45) is -4.38. The number of ether oxygens (including phenoxy) is 1. The highest BCUT2D eigenvalue weighted by atomic mass is 79.9. The SMILES string of the molecule is N#Cc1c(Br)cccc1Oc1ccc(C(F)(F)F)cc1. The maximum absolute atomic E-state index is 12.4. The Morgan fingerprint density at radius 2 is 1.70 bits per heavy atom. The van der Waals surface area contributed by atoms with E-state index >= 15 is 0 Å². The number of hydrogen-bond donors (Lipinski definition) is 0. The molecule has 0 unspecified atom stereocenters. The highest BCUT2D eigenvalue weighted by molar-refractivity contribution is 9.10. The summed E-state index contributed by atoms with van der Waals surface area (Å²) in [6.45, 7) is 0. The van der Waals surface area contributed by atoms with Gasteiger partial charge in [-0.15, -0.1) is 0 Å². The van der Waals surface area contributed by atoms with Gasteiger partial charge in [0.2, 0.25) is 0 Å². The molecule has 0 aliphatic rings. The largest absolute Gasteiger partial charge is 0.456 e. The molecule has 0 radical (unpaired) electrons. The first-order valence-corrected chi connectivity index (χ1v) is 6.25. The third-order valence-corrected chi connectivity index (χ3v) is 3.16. The van der Waals surface area contributed by atoms with Gasteiger partial charge in [0.25, 0.3) is 0 Å². The van der Waals surface area contributed by atoms with E-state index < -0.39 is 11.7 Å². The highest BCUT2D eigenvalue weighted by Crippen LogP contribution is 2.33. The molecular weight excluding hydrogens is 335 g/mol. The Kier molecular flexibility index (Phi) is 4.00. The van der Waals surface area contributed by atoms with Crippen LogP contribution < -0.4 is 4.74 Å². The molecule has 0 spiro atoms. The molecule has 6 heteroatoms. The molecule has 0 saturated carbocycles. The lowest BCUT2D eigenvalue weighted by molar-refractivity contribution is -0.137. The van der Waals surface area contributed by atoms with Crippen LogP contribution in [0.4, 0.5) is 13.2 Å². The minimum atomic E-state index is -4.38. The Morgan fingerprint density at radius 1 is 1.05 bits per heavy atom. The van der Waals surface area contributed by atoms with E-state index in [1.165, 1.54) is 12.1 Å². The van der Waals surface area contributed by atoms with Crippen molar-refractivity contribution in [3.8, 4) is 17.6 Å². The van der Waals surface area contributed by atoms with Gasteiger partial charge in [-0.3, -0.25) is 0 Å². The van der Waals surface area contributed by atoms with Crippen LogP contribution in [-0.4, -0.2) is 0 Å². The van der Waals surface area contributed by atoms with Crippen molar-refractivity contribution in [2.45, 2.75) is 6.18 Å². The molecule has 0 atom stereocenters. The first-order chi connectivity index (χ1) is 9.41. The molecule has 0 N–H and O–H groups in total. The summed E-state index contributed by atoms with van der Waals surface area (Å²) >= 11 is 3.21. The van der Waals surface area contributed by atoms with E-state index in [2.05, 4.69) is 15.9 Å². The van der Waals surface area contributed by atoms with Crippen molar-refractivity contribution < 1.29 is 17.9 Å². The normalized spacial score (nSPS) is 10.9. The van der Waals surface area contributed by atoms with Crippen LogP contribution in [0.25, 0.3) is 0 Å². The van der Waals surface area contributed by atoms with Crippen molar-refractivity contribution in [3.05, 3.63) is 58.1 Å². The van der Waals surface area contributed by atoms with E-state index in [-0.39, 0.29) is 17.1 Å². The van der Waals surface area contributed by atoms with Crippen LogP contribution in [0, 0.1) is 11.3 Å². The van der Waals surface area contributed by atoms with Crippen LogP contribution in [0.5, 0.6) is 11.5 Å². The smallest absolute Gasteiger partial charge is 0.416 e. The van der Waals surface area contributed by atoms with Crippen LogP contribution in [0.1, 0.15) is 11.1 Å². The maximum Gasteiger partial charge on any atom is 0.416 e. The van der Waals surface area contributed by atoms with E-state index in [1.807, 2.05) is 6.07 Å². The number of halogens is 4. The fourth-order valence-corrected chi connectivity index (χ4v) is 1.97.